The fourth-order valence-corrected chi connectivity index (χ4v) is 4.09. The maximum absolute atomic E-state index is 12.8. The van der Waals surface area contributed by atoms with Crippen LogP contribution in [-0.2, 0) is 16.0 Å². The highest BCUT2D eigenvalue weighted by Gasteiger charge is 2.26. The molecule has 1 amide bonds. The van der Waals surface area contributed by atoms with Crippen LogP contribution in [-0.4, -0.2) is 65.9 Å². The summed E-state index contributed by atoms with van der Waals surface area (Å²) in [7, 11) is 0. The van der Waals surface area contributed by atoms with Gasteiger partial charge in [0.05, 0.1) is 25.5 Å². The van der Waals surface area contributed by atoms with Gasteiger partial charge in [0.2, 0.25) is 5.91 Å². The molecule has 170 valence electrons. The molecule has 0 N–H and O–H groups in total. The summed E-state index contributed by atoms with van der Waals surface area (Å²) < 4.78 is 11.5. The standard InChI is InChI=1S/C25H32N4O3/c1-3-31-22-9-7-20(8-10-22)17-21-5-4-6-23(26-21)24-18-28(15-16-32-24)25(30)12-14-29-13-11-19(2)27-29/h4-10,24H,3,11-18H2,1-2H3. The second kappa shape index (κ2) is 10.6. The van der Waals surface area contributed by atoms with E-state index < -0.39 is 0 Å². The fraction of sp³-hybridized carbons (Fsp3) is 0.480. The Morgan fingerprint density at radius 1 is 1.19 bits per heavy atom. The zero-order valence-electron chi connectivity index (χ0n) is 19.0. The highest BCUT2D eigenvalue weighted by atomic mass is 16.5. The van der Waals surface area contributed by atoms with Gasteiger partial charge in [-0.25, -0.2) is 0 Å². The summed E-state index contributed by atoms with van der Waals surface area (Å²) in [4.78, 5) is 19.5. The SMILES string of the molecule is CCOc1ccc(Cc2cccc(C3CN(C(=O)CCN4CCC(C)=N4)CCO3)n2)cc1. The van der Waals surface area contributed by atoms with Crippen LogP contribution in [0.4, 0.5) is 0 Å². The van der Waals surface area contributed by atoms with Gasteiger partial charge in [0.1, 0.15) is 11.9 Å². The Labute approximate surface area is 190 Å². The molecule has 2 aliphatic rings. The van der Waals surface area contributed by atoms with E-state index in [4.69, 9.17) is 14.5 Å². The van der Waals surface area contributed by atoms with Gasteiger partial charge in [0.25, 0.3) is 0 Å². The van der Waals surface area contributed by atoms with Crippen LogP contribution >= 0.6 is 0 Å². The summed E-state index contributed by atoms with van der Waals surface area (Å²) in [5, 5.41) is 6.46. The Hall–Kier alpha value is -2.93. The first-order valence-corrected chi connectivity index (χ1v) is 11.5. The molecule has 2 aliphatic heterocycles. The number of hydrogen-bond acceptors (Lipinski definition) is 6. The van der Waals surface area contributed by atoms with Crippen molar-refractivity contribution in [3.8, 4) is 5.75 Å². The van der Waals surface area contributed by atoms with Crippen molar-refractivity contribution in [1.29, 1.82) is 0 Å². The van der Waals surface area contributed by atoms with Crippen molar-refractivity contribution in [2.75, 3.05) is 39.4 Å². The lowest BCUT2D eigenvalue weighted by Gasteiger charge is -2.33. The van der Waals surface area contributed by atoms with Crippen molar-refractivity contribution in [3.05, 3.63) is 59.4 Å². The Morgan fingerprint density at radius 2 is 2.03 bits per heavy atom. The van der Waals surface area contributed by atoms with Crippen LogP contribution in [0.15, 0.2) is 47.6 Å². The summed E-state index contributed by atoms with van der Waals surface area (Å²) in [6, 6.07) is 14.2. The Kier molecular flexibility index (Phi) is 7.37. The van der Waals surface area contributed by atoms with Crippen LogP contribution in [0.25, 0.3) is 0 Å². The Balaban J connectivity index is 1.34. The number of carbonyl (C=O) groups is 1. The van der Waals surface area contributed by atoms with Crippen molar-refractivity contribution in [2.24, 2.45) is 5.10 Å². The van der Waals surface area contributed by atoms with Gasteiger partial charge in [-0.05, 0) is 43.7 Å². The first-order chi connectivity index (χ1) is 15.6. The number of hydrazone groups is 1. The smallest absolute Gasteiger partial charge is 0.224 e. The van der Waals surface area contributed by atoms with Crippen molar-refractivity contribution in [3.63, 3.8) is 0 Å². The molecule has 1 fully saturated rings. The van der Waals surface area contributed by atoms with Gasteiger partial charge in [-0.1, -0.05) is 18.2 Å². The van der Waals surface area contributed by atoms with Crippen LogP contribution in [0.1, 0.15) is 49.7 Å². The van der Waals surface area contributed by atoms with Crippen LogP contribution in [0.3, 0.4) is 0 Å². The largest absolute Gasteiger partial charge is 0.494 e. The number of rotatable bonds is 8. The number of ether oxygens (including phenoxy) is 2. The minimum absolute atomic E-state index is 0.156. The molecule has 2 aromatic rings. The average molecular weight is 437 g/mol. The lowest BCUT2D eigenvalue weighted by Crippen LogP contribution is -2.43. The van der Waals surface area contributed by atoms with Crippen LogP contribution in [0.5, 0.6) is 5.75 Å². The molecule has 7 nitrogen and oxygen atoms in total. The number of hydrogen-bond donors (Lipinski definition) is 0. The number of aromatic nitrogens is 1. The zero-order valence-corrected chi connectivity index (χ0v) is 19.0. The van der Waals surface area contributed by atoms with Gasteiger partial charge in [-0.15, -0.1) is 0 Å². The third-order valence-electron chi connectivity index (χ3n) is 5.82. The van der Waals surface area contributed by atoms with E-state index in [1.165, 1.54) is 5.56 Å². The molecule has 1 unspecified atom stereocenters. The number of pyridine rings is 1. The number of morpholine rings is 1. The van der Waals surface area contributed by atoms with E-state index in [1.807, 2.05) is 54.1 Å². The van der Waals surface area contributed by atoms with Crippen LogP contribution in [0.2, 0.25) is 0 Å². The topological polar surface area (TPSA) is 67.3 Å². The molecule has 0 spiro atoms. The number of benzene rings is 1. The normalized spacial score (nSPS) is 18.6. The van der Waals surface area contributed by atoms with Crippen molar-refractivity contribution < 1.29 is 14.3 Å². The maximum atomic E-state index is 12.8. The number of amides is 1. The zero-order chi connectivity index (χ0) is 22.3. The van der Waals surface area contributed by atoms with Gasteiger partial charge in [-0.2, -0.15) is 5.10 Å². The molecule has 32 heavy (non-hydrogen) atoms. The molecule has 0 bridgehead atoms. The molecule has 7 heteroatoms. The summed E-state index contributed by atoms with van der Waals surface area (Å²) in [6.07, 6.45) is 2.02. The van der Waals surface area contributed by atoms with Crippen LogP contribution in [0, 0.1) is 0 Å². The van der Waals surface area contributed by atoms with Crippen molar-refractivity contribution >= 4 is 11.6 Å². The van der Waals surface area contributed by atoms with E-state index in [0.29, 0.717) is 39.3 Å². The monoisotopic (exact) mass is 436 g/mol. The highest BCUT2D eigenvalue weighted by molar-refractivity contribution is 5.83. The quantitative estimate of drug-likeness (QED) is 0.634. The van der Waals surface area contributed by atoms with Gasteiger partial charge >= 0.3 is 0 Å². The van der Waals surface area contributed by atoms with Crippen molar-refractivity contribution in [1.82, 2.24) is 14.9 Å². The average Bonchev–Trinajstić information content (AvgIpc) is 3.24. The minimum Gasteiger partial charge on any atom is -0.494 e. The summed E-state index contributed by atoms with van der Waals surface area (Å²) >= 11 is 0. The lowest BCUT2D eigenvalue weighted by atomic mass is 10.1. The van der Waals surface area contributed by atoms with Crippen molar-refractivity contribution in [2.45, 2.75) is 39.2 Å². The third kappa shape index (κ3) is 5.85. The summed E-state index contributed by atoms with van der Waals surface area (Å²) in [5.41, 5.74) is 4.19. The first-order valence-electron chi connectivity index (χ1n) is 11.5. The van der Waals surface area contributed by atoms with E-state index in [-0.39, 0.29) is 12.0 Å². The molecule has 0 radical (unpaired) electrons. The molecular weight excluding hydrogens is 404 g/mol. The number of nitrogens with zero attached hydrogens (tertiary/aromatic N) is 4. The van der Waals surface area contributed by atoms with E-state index >= 15 is 0 Å². The predicted molar refractivity (Wildman–Crippen MR) is 124 cm³/mol. The molecular formula is C25H32N4O3. The molecule has 0 saturated carbocycles. The van der Waals surface area contributed by atoms with E-state index in [1.54, 1.807) is 0 Å². The summed E-state index contributed by atoms with van der Waals surface area (Å²) in [5.74, 6) is 1.04. The second-order valence-corrected chi connectivity index (χ2v) is 8.30. The highest BCUT2D eigenvalue weighted by Crippen LogP contribution is 2.23. The minimum atomic E-state index is -0.194. The third-order valence-corrected chi connectivity index (χ3v) is 5.82. The molecule has 1 atom stereocenters. The molecule has 4 rings (SSSR count). The van der Waals surface area contributed by atoms with Gasteiger partial charge in [0, 0.05) is 50.3 Å². The maximum Gasteiger partial charge on any atom is 0.224 e. The predicted octanol–water partition coefficient (Wildman–Crippen LogP) is 3.44. The van der Waals surface area contributed by atoms with Gasteiger partial charge < -0.3 is 14.4 Å². The second-order valence-electron chi connectivity index (χ2n) is 8.30. The Bertz CT molecular complexity index is 944. The van der Waals surface area contributed by atoms with E-state index in [9.17, 15) is 4.79 Å². The summed E-state index contributed by atoms with van der Waals surface area (Å²) in [6.45, 7) is 7.96. The molecule has 3 heterocycles. The number of carbonyl (C=O) groups excluding carboxylic acids is 1. The molecule has 1 aromatic heterocycles. The fourth-order valence-electron chi connectivity index (χ4n) is 4.09. The Morgan fingerprint density at radius 3 is 2.78 bits per heavy atom. The first kappa shape index (κ1) is 22.3. The van der Waals surface area contributed by atoms with Gasteiger partial charge in [0.15, 0.2) is 0 Å². The van der Waals surface area contributed by atoms with E-state index in [0.717, 1.165) is 42.2 Å². The molecule has 1 aromatic carbocycles. The lowest BCUT2D eigenvalue weighted by molar-refractivity contribution is -0.139. The molecule has 1 saturated heterocycles. The molecule has 0 aliphatic carbocycles. The van der Waals surface area contributed by atoms with E-state index in [2.05, 4.69) is 17.2 Å². The van der Waals surface area contributed by atoms with Crippen LogP contribution < -0.4 is 4.74 Å². The van der Waals surface area contributed by atoms with Gasteiger partial charge in [-0.3, -0.25) is 14.8 Å².